The first-order valence-electron chi connectivity index (χ1n) is 5.89. The highest BCUT2D eigenvalue weighted by Crippen LogP contribution is 2.28. The molecule has 0 aliphatic heterocycles. The number of anilines is 1. The van der Waals surface area contributed by atoms with E-state index in [0.717, 1.165) is 0 Å². The van der Waals surface area contributed by atoms with Crippen molar-refractivity contribution in [3.8, 4) is 5.75 Å². The molecule has 0 saturated heterocycles. The van der Waals surface area contributed by atoms with Crippen molar-refractivity contribution in [2.45, 2.75) is 18.7 Å². The number of ether oxygens (including phenoxy) is 1. The van der Waals surface area contributed by atoms with E-state index in [1.807, 2.05) is 6.92 Å². The molecule has 2 N–H and O–H groups in total. The molecule has 20 heavy (non-hydrogen) atoms. The monoisotopic (exact) mass is 315 g/mol. The van der Waals surface area contributed by atoms with Crippen LogP contribution in [0.25, 0.3) is 0 Å². The first kappa shape index (κ1) is 14.7. The third-order valence-electron chi connectivity index (χ3n) is 2.56. The number of aromatic nitrogens is 2. The number of rotatable bonds is 5. The van der Waals surface area contributed by atoms with Crippen LogP contribution in [0.2, 0.25) is 5.02 Å². The van der Waals surface area contributed by atoms with Gasteiger partial charge in [-0.2, -0.15) is 5.10 Å². The van der Waals surface area contributed by atoms with Crippen molar-refractivity contribution in [2.24, 2.45) is 0 Å². The molecule has 2 aromatic rings. The van der Waals surface area contributed by atoms with Crippen molar-refractivity contribution < 1.29 is 13.2 Å². The smallest absolute Gasteiger partial charge is 0.265 e. The molecular weight excluding hydrogens is 302 g/mol. The van der Waals surface area contributed by atoms with Crippen LogP contribution in [0.1, 0.15) is 12.6 Å². The quantitative estimate of drug-likeness (QED) is 0.888. The molecule has 1 aromatic heterocycles. The van der Waals surface area contributed by atoms with Crippen LogP contribution in [0.3, 0.4) is 0 Å². The minimum Gasteiger partial charge on any atom is -0.492 e. The van der Waals surface area contributed by atoms with E-state index in [-0.39, 0.29) is 4.90 Å². The summed E-state index contributed by atoms with van der Waals surface area (Å²) >= 11 is 6.01. The Morgan fingerprint density at radius 2 is 2.20 bits per heavy atom. The summed E-state index contributed by atoms with van der Waals surface area (Å²) in [5.74, 6) is 0.511. The Labute approximate surface area is 122 Å². The molecule has 0 radical (unpaired) electrons. The molecular formula is C12H14ClN3O3S. The second kappa shape index (κ2) is 5.72. The fourth-order valence-corrected chi connectivity index (χ4v) is 3.08. The van der Waals surface area contributed by atoms with Crippen LogP contribution in [-0.2, 0) is 10.0 Å². The number of nitrogens with zero attached hydrogens (tertiary/aromatic N) is 1. The Bertz CT molecular complexity index is 712. The van der Waals surface area contributed by atoms with Gasteiger partial charge in [0.2, 0.25) is 0 Å². The molecule has 1 aromatic carbocycles. The summed E-state index contributed by atoms with van der Waals surface area (Å²) in [4.78, 5) is 0.0995. The van der Waals surface area contributed by atoms with Crippen LogP contribution in [0, 0.1) is 6.92 Å². The topological polar surface area (TPSA) is 84.1 Å². The van der Waals surface area contributed by atoms with Gasteiger partial charge in [0.15, 0.2) is 0 Å². The zero-order valence-electron chi connectivity index (χ0n) is 11.0. The lowest BCUT2D eigenvalue weighted by atomic mass is 10.3. The summed E-state index contributed by atoms with van der Waals surface area (Å²) in [7, 11) is -3.69. The predicted octanol–water partition coefficient (Wildman–Crippen LogP) is 2.57. The fourth-order valence-electron chi connectivity index (χ4n) is 1.66. The molecule has 0 fully saturated rings. The number of aromatic amines is 1. The maximum atomic E-state index is 12.2. The maximum absolute atomic E-state index is 12.2. The Balaban J connectivity index is 2.26. The number of aryl methyl sites for hydroxylation is 1. The number of sulfonamides is 1. The lowest BCUT2D eigenvalue weighted by Crippen LogP contribution is -2.13. The van der Waals surface area contributed by atoms with E-state index in [9.17, 15) is 8.42 Å². The van der Waals surface area contributed by atoms with Gasteiger partial charge in [0.1, 0.15) is 10.6 Å². The average molecular weight is 316 g/mol. The molecule has 0 aliphatic rings. The normalized spacial score (nSPS) is 11.3. The number of nitrogens with one attached hydrogen (secondary N) is 2. The van der Waals surface area contributed by atoms with Crippen molar-refractivity contribution >= 4 is 27.3 Å². The van der Waals surface area contributed by atoms with Gasteiger partial charge in [-0.3, -0.25) is 9.82 Å². The SMILES string of the molecule is CCOc1ccc(NS(=O)(=O)c2cn[nH]c2C)cc1Cl. The molecule has 0 unspecified atom stereocenters. The van der Waals surface area contributed by atoms with Gasteiger partial charge in [-0.25, -0.2) is 8.42 Å². The highest BCUT2D eigenvalue weighted by atomic mass is 35.5. The van der Waals surface area contributed by atoms with Gasteiger partial charge >= 0.3 is 0 Å². The summed E-state index contributed by atoms with van der Waals surface area (Å²) in [6, 6.07) is 4.70. The minimum absolute atomic E-state index is 0.0995. The number of halogens is 1. The number of H-pyrrole nitrogens is 1. The van der Waals surface area contributed by atoms with E-state index >= 15 is 0 Å². The third kappa shape index (κ3) is 3.05. The zero-order valence-corrected chi connectivity index (χ0v) is 12.5. The van der Waals surface area contributed by atoms with Crippen LogP contribution in [-0.4, -0.2) is 25.2 Å². The summed E-state index contributed by atoms with van der Waals surface area (Å²) < 4.78 is 32.1. The van der Waals surface area contributed by atoms with Gasteiger partial charge in [-0.05, 0) is 32.0 Å². The van der Waals surface area contributed by atoms with Crippen molar-refractivity contribution in [3.63, 3.8) is 0 Å². The summed E-state index contributed by atoms with van der Waals surface area (Å²) in [6.07, 6.45) is 1.26. The average Bonchev–Trinajstić information content (AvgIpc) is 2.79. The van der Waals surface area contributed by atoms with Gasteiger partial charge in [0.05, 0.1) is 29.2 Å². The lowest BCUT2D eigenvalue weighted by molar-refractivity contribution is 0.340. The number of benzene rings is 1. The van der Waals surface area contributed by atoms with Crippen LogP contribution in [0.4, 0.5) is 5.69 Å². The third-order valence-corrected chi connectivity index (χ3v) is 4.35. The van der Waals surface area contributed by atoms with Crippen LogP contribution >= 0.6 is 11.6 Å². The summed E-state index contributed by atoms with van der Waals surface area (Å²) in [6.45, 7) is 3.96. The van der Waals surface area contributed by atoms with E-state index < -0.39 is 10.0 Å². The van der Waals surface area contributed by atoms with Crippen molar-refractivity contribution in [3.05, 3.63) is 35.1 Å². The first-order valence-corrected chi connectivity index (χ1v) is 7.75. The molecule has 8 heteroatoms. The second-order valence-electron chi connectivity index (χ2n) is 4.04. The fraction of sp³-hybridized carbons (Fsp3) is 0.250. The Kier molecular flexibility index (Phi) is 4.20. The highest BCUT2D eigenvalue weighted by Gasteiger charge is 2.19. The zero-order chi connectivity index (χ0) is 14.8. The van der Waals surface area contributed by atoms with Crippen LogP contribution in [0.15, 0.2) is 29.3 Å². The molecule has 0 amide bonds. The lowest BCUT2D eigenvalue weighted by Gasteiger charge is -2.10. The van der Waals surface area contributed by atoms with Crippen LogP contribution < -0.4 is 9.46 Å². The van der Waals surface area contributed by atoms with Crippen molar-refractivity contribution in [2.75, 3.05) is 11.3 Å². The van der Waals surface area contributed by atoms with Crippen molar-refractivity contribution in [1.29, 1.82) is 0 Å². The van der Waals surface area contributed by atoms with Gasteiger partial charge < -0.3 is 4.74 Å². The molecule has 1 heterocycles. The maximum Gasteiger partial charge on any atom is 0.265 e. The van der Waals surface area contributed by atoms with E-state index in [4.69, 9.17) is 16.3 Å². The molecule has 6 nitrogen and oxygen atoms in total. The van der Waals surface area contributed by atoms with Gasteiger partial charge in [0.25, 0.3) is 10.0 Å². The van der Waals surface area contributed by atoms with Gasteiger partial charge in [-0.15, -0.1) is 0 Å². The van der Waals surface area contributed by atoms with Gasteiger partial charge in [-0.1, -0.05) is 11.6 Å². The van der Waals surface area contributed by atoms with Crippen molar-refractivity contribution in [1.82, 2.24) is 10.2 Å². The van der Waals surface area contributed by atoms with E-state index in [1.54, 1.807) is 19.1 Å². The molecule has 108 valence electrons. The molecule has 0 atom stereocenters. The Hall–Kier alpha value is -1.73. The predicted molar refractivity (Wildman–Crippen MR) is 76.8 cm³/mol. The summed E-state index contributed by atoms with van der Waals surface area (Å²) in [5.41, 5.74) is 0.827. The molecule has 0 bridgehead atoms. The van der Waals surface area contributed by atoms with E-state index in [2.05, 4.69) is 14.9 Å². The minimum atomic E-state index is -3.69. The standard InChI is InChI=1S/C12H14ClN3O3S/c1-3-19-11-5-4-9(6-10(11)13)16-20(17,18)12-7-14-15-8(12)2/h4-7,16H,3H2,1-2H3,(H,14,15). The van der Waals surface area contributed by atoms with Gasteiger partial charge in [0, 0.05) is 0 Å². The molecule has 0 saturated carbocycles. The van der Waals surface area contributed by atoms with E-state index in [0.29, 0.717) is 28.8 Å². The Morgan fingerprint density at radius 3 is 2.75 bits per heavy atom. The molecule has 0 spiro atoms. The number of hydrogen-bond acceptors (Lipinski definition) is 4. The first-order chi connectivity index (χ1) is 9.44. The largest absolute Gasteiger partial charge is 0.492 e. The molecule has 0 aliphatic carbocycles. The highest BCUT2D eigenvalue weighted by molar-refractivity contribution is 7.92. The molecule has 2 rings (SSSR count). The van der Waals surface area contributed by atoms with E-state index in [1.165, 1.54) is 12.3 Å². The number of hydrogen-bond donors (Lipinski definition) is 2. The van der Waals surface area contributed by atoms with Crippen LogP contribution in [0.5, 0.6) is 5.75 Å². The summed E-state index contributed by atoms with van der Waals surface area (Å²) in [5, 5.41) is 6.62. The second-order valence-corrected chi connectivity index (χ2v) is 6.10. The Morgan fingerprint density at radius 1 is 1.45 bits per heavy atom.